The number of hydrogen-bond acceptors (Lipinski definition) is 5. The van der Waals surface area contributed by atoms with Crippen molar-refractivity contribution in [3.8, 4) is 11.5 Å². The standard InChI is InChI=1S/C22H27N4O3/c1-14(2)5-4-12-27-17-8-6-15-16-7-9-18(28-13-26-11-10-25-3)20(24)22(16)29-21(15)19(17)23/h6-9,11,13-14H,3-5,10,12,23-24H2,1-2H3/q+1/p+1. The molecule has 0 amide bonds. The van der Waals surface area contributed by atoms with Crippen molar-refractivity contribution in [1.82, 2.24) is 4.67 Å². The molecule has 7 heteroatoms. The highest BCUT2D eigenvalue weighted by Gasteiger charge is 2.19. The fraction of sp³-hybridized carbons (Fsp3) is 0.318. The molecule has 1 aromatic heterocycles. The predicted octanol–water partition coefficient (Wildman–Crippen LogP) is 3.10. The number of nitrogens with two attached hydrogens (primary N) is 1. The first-order valence-corrected chi connectivity index (χ1v) is 9.67. The van der Waals surface area contributed by atoms with Gasteiger partial charge >= 0.3 is 6.40 Å². The lowest BCUT2D eigenvalue weighted by Crippen LogP contribution is -2.40. The Morgan fingerprint density at radius 2 is 1.93 bits per heavy atom. The molecule has 0 aliphatic rings. The van der Waals surface area contributed by atoms with Crippen molar-refractivity contribution in [2.24, 2.45) is 10.9 Å². The summed E-state index contributed by atoms with van der Waals surface area (Å²) in [5.74, 6) is 1.85. The van der Waals surface area contributed by atoms with E-state index in [1.54, 1.807) is 6.21 Å². The van der Waals surface area contributed by atoms with E-state index in [1.807, 2.05) is 24.3 Å². The highest BCUT2D eigenvalue weighted by Crippen LogP contribution is 2.41. The van der Waals surface area contributed by atoms with Crippen LogP contribution in [0.5, 0.6) is 11.5 Å². The van der Waals surface area contributed by atoms with E-state index in [0.29, 0.717) is 53.1 Å². The summed E-state index contributed by atoms with van der Waals surface area (Å²) in [5, 5.41) is 1.84. The van der Waals surface area contributed by atoms with Crippen molar-refractivity contribution in [2.45, 2.75) is 26.7 Å². The number of nitrogen functional groups attached to an aromatic ring is 1. The summed E-state index contributed by atoms with van der Waals surface area (Å²) < 4.78 is 21.5. The second kappa shape index (κ2) is 9.28. The van der Waals surface area contributed by atoms with E-state index in [1.165, 1.54) is 6.40 Å². The maximum Gasteiger partial charge on any atom is 0.455 e. The Morgan fingerprint density at radius 1 is 1.21 bits per heavy atom. The first-order chi connectivity index (χ1) is 14.0. The molecule has 0 fully saturated rings. The van der Waals surface area contributed by atoms with E-state index in [-0.39, 0.29) is 0 Å². The second-order valence-electron chi connectivity index (χ2n) is 7.22. The molecular weight excluding hydrogens is 368 g/mol. The monoisotopic (exact) mass is 396 g/mol. The van der Waals surface area contributed by atoms with Crippen LogP contribution < -0.4 is 25.6 Å². The van der Waals surface area contributed by atoms with E-state index in [9.17, 15) is 0 Å². The molecule has 1 heterocycles. The average molecular weight is 396 g/mol. The molecule has 0 unspecified atom stereocenters. The molecule has 5 N–H and O–H groups in total. The minimum absolute atomic E-state index is 0.431. The summed E-state index contributed by atoms with van der Waals surface area (Å²) in [7, 11) is 0. The molecule has 29 heavy (non-hydrogen) atoms. The van der Waals surface area contributed by atoms with Gasteiger partial charge in [-0.1, -0.05) is 18.5 Å². The molecule has 7 nitrogen and oxygen atoms in total. The van der Waals surface area contributed by atoms with Gasteiger partial charge in [-0.05, 0) is 49.7 Å². The number of ether oxygens (including phenoxy) is 2. The molecule has 0 atom stereocenters. The van der Waals surface area contributed by atoms with E-state index in [4.69, 9.17) is 19.6 Å². The fourth-order valence-electron chi connectivity index (χ4n) is 3.09. The molecule has 2 aromatic carbocycles. The zero-order chi connectivity index (χ0) is 20.8. The van der Waals surface area contributed by atoms with Crippen LogP contribution in [0.25, 0.3) is 21.9 Å². The van der Waals surface area contributed by atoms with Gasteiger partial charge in [0.15, 0.2) is 16.9 Å². The summed E-state index contributed by atoms with van der Waals surface area (Å²) in [6.07, 6.45) is 5.03. The first-order valence-electron chi connectivity index (χ1n) is 9.67. The topological polar surface area (TPSA) is 112 Å². The molecule has 0 bridgehead atoms. The van der Waals surface area contributed by atoms with Gasteiger partial charge in [0.1, 0.15) is 18.0 Å². The van der Waals surface area contributed by atoms with Crippen LogP contribution in [0.2, 0.25) is 0 Å². The number of hydrogen-bond donors (Lipinski definition) is 2. The van der Waals surface area contributed by atoms with Gasteiger partial charge in [0.2, 0.25) is 5.69 Å². The summed E-state index contributed by atoms with van der Waals surface area (Å²) in [6.45, 7) is 8.85. The zero-order valence-corrected chi connectivity index (χ0v) is 17.0. The van der Waals surface area contributed by atoms with Gasteiger partial charge in [-0.3, -0.25) is 4.99 Å². The summed E-state index contributed by atoms with van der Waals surface area (Å²) >= 11 is 0. The molecule has 0 spiro atoms. The Labute approximate surface area is 169 Å². The van der Waals surface area contributed by atoms with Crippen LogP contribution in [0.15, 0.2) is 33.7 Å². The Balaban J connectivity index is 1.88. The van der Waals surface area contributed by atoms with Crippen LogP contribution in [0, 0.1) is 5.92 Å². The third-order valence-corrected chi connectivity index (χ3v) is 4.61. The molecule has 0 saturated carbocycles. The summed E-state index contributed by atoms with van der Waals surface area (Å²) in [4.78, 5) is 3.69. The molecule has 0 saturated heterocycles. The molecule has 0 aliphatic carbocycles. The average Bonchev–Trinajstić information content (AvgIpc) is 3.08. The second-order valence-corrected chi connectivity index (χ2v) is 7.22. The molecule has 0 aliphatic heterocycles. The zero-order valence-electron chi connectivity index (χ0n) is 17.0. The number of fused-ring (bicyclic) bond motifs is 3. The smallest absolute Gasteiger partial charge is 0.455 e. The highest BCUT2D eigenvalue weighted by atomic mass is 16.5. The number of quaternary nitrogens is 1. The minimum atomic E-state index is 0.431. The molecule has 0 radical (unpaired) electrons. The van der Waals surface area contributed by atoms with Gasteiger partial charge in [0.05, 0.1) is 6.61 Å². The third-order valence-electron chi connectivity index (χ3n) is 4.61. The maximum absolute atomic E-state index is 6.33. The number of furan rings is 1. The number of rotatable bonds is 9. The van der Waals surface area contributed by atoms with Gasteiger partial charge in [-0.25, -0.2) is 0 Å². The van der Waals surface area contributed by atoms with Gasteiger partial charge in [-0.15, -0.1) is 0 Å². The van der Waals surface area contributed by atoms with E-state index in [0.717, 1.165) is 23.6 Å². The van der Waals surface area contributed by atoms with Crippen molar-refractivity contribution in [3.05, 3.63) is 24.3 Å². The lowest BCUT2D eigenvalue weighted by molar-refractivity contribution is -0.254. The van der Waals surface area contributed by atoms with Crippen LogP contribution in [-0.2, 0) is 0 Å². The summed E-state index contributed by atoms with van der Waals surface area (Å²) in [5.41, 5.74) is 12.8. The van der Waals surface area contributed by atoms with Gasteiger partial charge in [0, 0.05) is 10.8 Å². The largest absolute Gasteiger partial charge is 0.491 e. The fourth-order valence-corrected chi connectivity index (χ4v) is 3.09. The van der Waals surface area contributed by atoms with Gasteiger partial charge in [-0.2, -0.15) is 0 Å². The van der Waals surface area contributed by atoms with Crippen LogP contribution in [0.3, 0.4) is 0 Å². The Morgan fingerprint density at radius 3 is 2.66 bits per heavy atom. The number of aliphatic imine (C=N–C) groups is 1. The molecule has 3 rings (SSSR count). The van der Waals surface area contributed by atoms with Crippen molar-refractivity contribution in [1.29, 1.82) is 0 Å². The Kier molecular flexibility index (Phi) is 6.54. The Bertz CT molecular complexity index is 1080. The van der Waals surface area contributed by atoms with Crippen molar-refractivity contribution in [3.63, 3.8) is 0 Å². The van der Waals surface area contributed by atoms with E-state index < -0.39 is 0 Å². The highest BCUT2D eigenvalue weighted by molar-refractivity contribution is 6.12. The lowest BCUT2D eigenvalue weighted by Gasteiger charge is -2.09. The Hall–Kier alpha value is -3.28. The SMILES string of the molecule is C=NCC=[N+]=COc1ccc2c(oc3c(N)c(OCCCC(C)C)ccc32)c1[NH3+]. The first kappa shape index (κ1) is 20.5. The number of anilines is 1. The molecule has 152 valence electrons. The van der Waals surface area contributed by atoms with Crippen LogP contribution >= 0.6 is 0 Å². The third kappa shape index (κ3) is 4.59. The van der Waals surface area contributed by atoms with Crippen LogP contribution in [0.4, 0.5) is 11.4 Å². The summed E-state index contributed by atoms with van der Waals surface area (Å²) in [6, 6.07) is 7.62. The van der Waals surface area contributed by atoms with E-state index >= 15 is 0 Å². The maximum atomic E-state index is 6.33. The molecule has 3 aromatic rings. The number of benzene rings is 2. The quantitative estimate of drug-likeness (QED) is 0.190. The van der Waals surface area contributed by atoms with E-state index in [2.05, 4.69) is 36.0 Å². The van der Waals surface area contributed by atoms with Crippen molar-refractivity contribution >= 4 is 52.6 Å². The normalized spacial score (nSPS) is 10.9. The van der Waals surface area contributed by atoms with Crippen molar-refractivity contribution < 1.29 is 19.6 Å². The van der Waals surface area contributed by atoms with Gasteiger partial charge in [0.25, 0.3) is 6.21 Å². The van der Waals surface area contributed by atoms with Crippen LogP contribution in [0.1, 0.15) is 26.7 Å². The number of nitrogens with zero attached hydrogens (tertiary/aromatic N) is 2. The van der Waals surface area contributed by atoms with Crippen molar-refractivity contribution in [2.75, 3.05) is 18.9 Å². The minimum Gasteiger partial charge on any atom is -0.491 e. The lowest BCUT2D eigenvalue weighted by atomic mass is 10.1. The van der Waals surface area contributed by atoms with Crippen LogP contribution in [-0.4, -0.2) is 32.5 Å². The van der Waals surface area contributed by atoms with Gasteiger partial charge < -0.3 is 25.4 Å². The predicted molar refractivity (Wildman–Crippen MR) is 120 cm³/mol. The molecular formula is C22H28N4O3+2.